The van der Waals surface area contributed by atoms with Crippen LogP contribution in [0.15, 0.2) is 18.3 Å². The van der Waals surface area contributed by atoms with Gasteiger partial charge in [-0.1, -0.05) is 11.6 Å². The van der Waals surface area contributed by atoms with Gasteiger partial charge in [-0.3, -0.25) is 30.0 Å². The first-order valence-electron chi connectivity index (χ1n) is 5.48. The van der Waals surface area contributed by atoms with E-state index >= 15 is 0 Å². The second kappa shape index (κ2) is 6.60. The van der Waals surface area contributed by atoms with Gasteiger partial charge >= 0.3 is 5.97 Å². The van der Waals surface area contributed by atoms with Crippen molar-refractivity contribution in [2.75, 3.05) is 6.61 Å². The summed E-state index contributed by atoms with van der Waals surface area (Å²) in [4.78, 5) is 15.9. The minimum Gasteiger partial charge on any atom is -0.462 e. The van der Waals surface area contributed by atoms with E-state index in [9.17, 15) is 4.79 Å². The maximum atomic E-state index is 11.7. The van der Waals surface area contributed by atoms with Crippen LogP contribution in [0.3, 0.4) is 0 Å². The molecule has 0 spiro atoms. The monoisotopic (exact) mass is 350 g/mol. The number of halogens is 1. The number of fused-ring (bicyclic) bond motifs is 1. The summed E-state index contributed by atoms with van der Waals surface area (Å²) in [6.45, 7) is 9.80. The van der Waals surface area contributed by atoms with Crippen LogP contribution >= 0.6 is 11.6 Å². The number of rotatable bonds is 2. The molecule has 0 aliphatic rings. The van der Waals surface area contributed by atoms with Gasteiger partial charge in [0.05, 0.1) is 12.2 Å². The Morgan fingerprint density at radius 2 is 2.11 bits per heavy atom. The standard InChI is InChI=1S/C14H12ClNO2.Y/c1-4-18-14(17)10-7-16-11-6-5-8(2)9(3)12(11)13(10)15;/h5-7H,2-4H2,1H3;/q-2;. The maximum Gasteiger partial charge on any atom is 0.340 e. The van der Waals surface area contributed by atoms with Gasteiger partial charge in [0.1, 0.15) is 0 Å². The van der Waals surface area contributed by atoms with Gasteiger partial charge in [-0.25, -0.2) is 10.9 Å². The Bertz CT molecular complexity index is 628. The third kappa shape index (κ3) is 3.05. The predicted molar refractivity (Wildman–Crippen MR) is 71.6 cm³/mol. The van der Waals surface area contributed by atoms with Crippen LogP contribution in [-0.4, -0.2) is 17.6 Å². The quantitative estimate of drug-likeness (QED) is 0.615. The van der Waals surface area contributed by atoms with Gasteiger partial charge in [-0.15, -0.1) is 11.5 Å². The zero-order valence-electron chi connectivity index (χ0n) is 10.6. The molecule has 0 aliphatic carbocycles. The average Bonchev–Trinajstić information content (AvgIpc) is 2.34. The number of carbonyl (C=O) groups is 1. The third-order valence-electron chi connectivity index (χ3n) is 2.67. The SMILES string of the molecule is [CH2-]c1ccc2ncc(C(=O)OCC)c(Cl)c2c1[CH2-].[Y]. The van der Waals surface area contributed by atoms with Crippen molar-refractivity contribution >= 4 is 28.5 Å². The summed E-state index contributed by atoms with van der Waals surface area (Å²) >= 11 is 6.24. The molecule has 1 aromatic heterocycles. The van der Waals surface area contributed by atoms with Crippen molar-refractivity contribution in [3.05, 3.63) is 53.9 Å². The number of esters is 1. The molecule has 0 unspecified atom stereocenters. The molecule has 0 atom stereocenters. The molecule has 0 aliphatic heterocycles. The summed E-state index contributed by atoms with van der Waals surface area (Å²) in [5.74, 6) is -0.481. The zero-order chi connectivity index (χ0) is 13.3. The molecule has 1 radical (unpaired) electrons. The number of nitrogens with zero attached hydrogens (tertiary/aromatic N) is 1. The molecule has 0 amide bonds. The molecule has 0 saturated heterocycles. The predicted octanol–water partition coefficient (Wildman–Crippen LogP) is 3.43. The van der Waals surface area contributed by atoms with Crippen LogP contribution in [0.1, 0.15) is 28.4 Å². The van der Waals surface area contributed by atoms with Crippen LogP contribution in [0.25, 0.3) is 10.9 Å². The van der Waals surface area contributed by atoms with E-state index in [1.54, 1.807) is 13.0 Å². The van der Waals surface area contributed by atoms with E-state index in [1.165, 1.54) is 6.20 Å². The van der Waals surface area contributed by atoms with Crippen LogP contribution in [0.4, 0.5) is 0 Å². The largest absolute Gasteiger partial charge is 0.462 e. The number of hydrogen-bond acceptors (Lipinski definition) is 3. The number of ether oxygens (including phenoxy) is 1. The first-order chi connectivity index (χ1) is 8.56. The zero-order valence-corrected chi connectivity index (χ0v) is 14.2. The fourth-order valence-corrected chi connectivity index (χ4v) is 2.04. The Labute approximate surface area is 142 Å². The van der Waals surface area contributed by atoms with Crippen LogP contribution in [-0.2, 0) is 37.4 Å². The molecule has 0 fully saturated rings. The molecule has 0 bridgehead atoms. The minimum atomic E-state index is -0.481. The molecule has 0 saturated carbocycles. The summed E-state index contributed by atoms with van der Waals surface area (Å²) in [5.41, 5.74) is 2.37. The normalized spacial score (nSPS) is 10.0. The van der Waals surface area contributed by atoms with Crippen molar-refractivity contribution in [3.63, 3.8) is 0 Å². The smallest absolute Gasteiger partial charge is 0.340 e. The first-order valence-corrected chi connectivity index (χ1v) is 5.86. The first kappa shape index (κ1) is 16.3. The molecule has 2 aromatic rings. The van der Waals surface area contributed by atoms with Crippen LogP contribution in [0.2, 0.25) is 5.02 Å². The number of aromatic nitrogens is 1. The van der Waals surface area contributed by atoms with Crippen LogP contribution in [0, 0.1) is 13.8 Å². The molecular formula is C14H12ClNO2Y-2. The second-order valence-corrected chi connectivity index (χ2v) is 4.18. The maximum absolute atomic E-state index is 11.7. The number of benzene rings is 1. The van der Waals surface area contributed by atoms with Crippen molar-refractivity contribution in [2.24, 2.45) is 0 Å². The molecule has 1 aromatic carbocycles. The number of hydrogen-bond donors (Lipinski definition) is 0. The number of carbonyl (C=O) groups excluding carboxylic acids is 1. The van der Waals surface area contributed by atoms with E-state index in [2.05, 4.69) is 18.8 Å². The molecule has 97 valence electrons. The summed E-state index contributed by atoms with van der Waals surface area (Å²) in [7, 11) is 0. The minimum absolute atomic E-state index is 0. The van der Waals surface area contributed by atoms with E-state index < -0.39 is 5.97 Å². The van der Waals surface area contributed by atoms with E-state index in [4.69, 9.17) is 16.3 Å². The summed E-state index contributed by atoms with van der Waals surface area (Å²) in [5, 5.41) is 0.962. The van der Waals surface area contributed by atoms with Gasteiger partial charge in [-0.05, 0) is 17.5 Å². The summed E-state index contributed by atoms with van der Waals surface area (Å²) < 4.78 is 4.93. The molecule has 2 rings (SSSR count). The van der Waals surface area contributed by atoms with Crippen LogP contribution in [0.5, 0.6) is 0 Å². The Hall–Kier alpha value is -0.766. The van der Waals surface area contributed by atoms with Crippen molar-refractivity contribution in [1.82, 2.24) is 4.98 Å². The third-order valence-corrected chi connectivity index (χ3v) is 3.06. The van der Waals surface area contributed by atoms with Gasteiger partial charge in [0.25, 0.3) is 0 Å². The van der Waals surface area contributed by atoms with Crippen molar-refractivity contribution < 1.29 is 42.2 Å². The second-order valence-electron chi connectivity index (χ2n) is 3.80. The molecule has 19 heavy (non-hydrogen) atoms. The van der Waals surface area contributed by atoms with Crippen molar-refractivity contribution in [3.8, 4) is 0 Å². The molecular weight excluding hydrogens is 339 g/mol. The van der Waals surface area contributed by atoms with E-state index in [-0.39, 0.29) is 38.3 Å². The van der Waals surface area contributed by atoms with Crippen molar-refractivity contribution in [1.29, 1.82) is 0 Å². The van der Waals surface area contributed by atoms with Gasteiger partial charge in [0.2, 0.25) is 0 Å². The summed E-state index contributed by atoms with van der Waals surface area (Å²) in [6.07, 6.45) is 1.42. The molecule has 3 nitrogen and oxygen atoms in total. The van der Waals surface area contributed by atoms with E-state index in [0.29, 0.717) is 28.1 Å². The fourth-order valence-electron chi connectivity index (χ4n) is 1.71. The fraction of sp³-hybridized carbons (Fsp3) is 0.143. The van der Waals surface area contributed by atoms with Crippen LogP contribution < -0.4 is 0 Å². The average molecular weight is 351 g/mol. The Morgan fingerprint density at radius 3 is 2.74 bits per heavy atom. The Kier molecular flexibility index (Phi) is 5.66. The van der Waals surface area contributed by atoms with Gasteiger partial charge in [0, 0.05) is 38.9 Å². The van der Waals surface area contributed by atoms with Crippen molar-refractivity contribution in [2.45, 2.75) is 6.92 Å². The Balaban J connectivity index is 0.00000180. The Morgan fingerprint density at radius 1 is 1.42 bits per heavy atom. The molecule has 1 heterocycles. The number of pyridine rings is 1. The van der Waals surface area contributed by atoms with Gasteiger partial charge < -0.3 is 4.74 Å². The van der Waals surface area contributed by atoms with E-state index in [0.717, 1.165) is 5.56 Å². The molecule has 5 heteroatoms. The topological polar surface area (TPSA) is 39.2 Å². The van der Waals surface area contributed by atoms with E-state index in [1.807, 2.05) is 6.07 Å². The summed E-state index contributed by atoms with van der Waals surface area (Å²) in [6, 6.07) is 3.62. The van der Waals surface area contributed by atoms with Gasteiger partial charge in [0.15, 0.2) is 0 Å². The molecule has 0 N–H and O–H groups in total. The van der Waals surface area contributed by atoms with Gasteiger partial charge in [-0.2, -0.15) is 0 Å².